The van der Waals surface area contributed by atoms with Gasteiger partial charge >= 0.3 is 0 Å². The number of carbonyl (C=O) groups is 1. The summed E-state index contributed by atoms with van der Waals surface area (Å²) < 4.78 is 7.81. The second-order valence-corrected chi connectivity index (χ2v) is 7.26. The van der Waals surface area contributed by atoms with Crippen LogP contribution in [0, 0.1) is 11.3 Å². The van der Waals surface area contributed by atoms with Crippen LogP contribution in [0.3, 0.4) is 0 Å². The molecule has 0 radical (unpaired) electrons. The molecule has 1 aliphatic heterocycles. The number of fused-ring (bicyclic) bond motifs is 1. The molecule has 1 saturated heterocycles. The van der Waals surface area contributed by atoms with Crippen molar-refractivity contribution < 1.29 is 9.53 Å². The molecule has 4 unspecified atom stereocenters. The number of carbonyl (C=O) groups excluding carboxylic acids is 1. The van der Waals surface area contributed by atoms with Gasteiger partial charge in [-0.1, -0.05) is 13.8 Å². The van der Waals surface area contributed by atoms with Crippen LogP contribution in [-0.4, -0.2) is 39.7 Å². The topological polar surface area (TPSA) is 82.2 Å². The fourth-order valence-electron chi connectivity index (χ4n) is 4.14. The van der Waals surface area contributed by atoms with Gasteiger partial charge in [0, 0.05) is 42.9 Å². The molecule has 122 valence electrons. The van der Waals surface area contributed by atoms with E-state index in [0.717, 1.165) is 19.4 Å². The molecular formula is C16H26N4O2. The largest absolute Gasteiger partial charge is 0.377 e. The van der Waals surface area contributed by atoms with Crippen LogP contribution in [0.4, 0.5) is 0 Å². The molecule has 0 aromatic carbocycles. The molecule has 1 aromatic heterocycles. The molecule has 0 bridgehead atoms. The Morgan fingerprint density at radius 3 is 3.05 bits per heavy atom. The van der Waals surface area contributed by atoms with E-state index in [1.807, 2.05) is 31.5 Å². The molecule has 1 aliphatic carbocycles. The van der Waals surface area contributed by atoms with E-state index in [9.17, 15) is 4.79 Å². The van der Waals surface area contributed by atoms with E-state index in [1.54, 1.807) is 12.5 Å². The first-order valence-corrected chi connectivity index (χ1v) is 8.04. The first kappa shape index (κ1) is 15.5. The van der Waals surface area contributed by atoms with Gasteiger partial charge in [0.25, 0.3) is 0 Å². The van der Waals surface area contributed by atoms with Crippen LogP contribution in [0.15, 0.2) is 18.7 Å². The van der Waals surface area contributed by atoms with Crippen molar-refractivity contribution in [2.24, 2.45) is 17.1 Å². The van der Waals surface area contributed by atoms with Crippen LogP contribution in [0.25, 0.3) is 0 Å². The van der Waals surface area contributed by atoms with Crippen molar-refractivity contribution in [3.63, 3.8) is 0 Å². The number of imidazole rings is 1. The summed E-state index contributed by atoms with van der Waals surface area (Å²) in [5.41, 5.74) is 5.41. The molecule has 1 aromatic rings. The molecule has 6 nitrogen and oxygen atoms in total. The van der Waals surface area contributed by atoms with Crippen LogP contribution in [0.2, 0.25) is 0 Å². The van der Waals surface area contributed by atoms with Crippen molar-refractivity contribution in [2.45, 2.75) is 57.8 Å². The monoisotopic (exact) mass is 306 g/mol. The van der Waals surface area contributed by atoms with Crippen molar-refractivity contribution >= 4 is 5.91 Å². The summed E-state index contributed by atoms with van der Waals surface area (Å²) in [6.07, 6.45) is 7.42. The quantitative estimate of drug-likeness (QED) is 0.866. The van der Waals surface area contributed by atoms with E-state index in [2.05, 4.69) is 10.3 Å². The highest BCUT2D eigenvalue weighted by Gasteiger charge is 2.70. The number of amides is 1. The average molecular weight is 306 g/mol. The summed E-state index contributed by atoms with van der Waals surface area (Å²) in [5.74, 6) is 0.0635. The summed E-state index contributed by atoms with van der Waals surface area (Å²) in [7, 11) is 0. The number of hydrogen-bond acceptors (Lipinski definition) is 4. The minimum atomic E-state index is -0.846. The zero-order chi connectivity index (χ0) is 16.0. The maximum absolute atomic E-state index is 12.8. The van der Waals surface area contributed by atoms with Crippen LogP contribution in [0.5, 0.6) is 0 Å². The SMILES string of the molecule is CC(Cn1ccnc1)NC(=O)C1(N)C2CCCOC2C1(C)C. The lowest BCUT2D eigenvalue weighted by Gasteiger charge is -2.65. The molecule has 3 rings (SSSR count). The molecule has 2 aliphatic rings. The number of rotatable bonds is 4. The van der Waals surface area contributed by atoms with Crippen LogP contribution < -0.4 is 11.1 Å². The van der Waals surface area contributed by atoms with Gasteiger partial charge in [-0.25, -0.2) is 4.98 Å². The Bertz CT molecular complexity index is 542. The summed E-state index contributed by atoms with van der Waals surface area (Å²) in [4.78, 5) is 16.9. The molecule has 4 atom stereocenters. The zero-order valence-electron chi connectivity index (χ0n) is 13.6. The van der Waals surface area contributed by atoms with Crippen molar-refractivity contribution in [1.82, 2.24) is 14.9 Å². The summed E-state index contributed by atoms with van der Waals surface area (Å²) in [6.45, 7) is 7.53. The third kappa shape index (κ3) is 2.16. The maximum Gasteiger partial charge on any atom is 0.241 e. The molecular weight excluding hydrogens is 280 g/mol. The Morgan fingerprint density at radius 2 is 2.36 bits per heavy atom. The zero-order valence-corrected chi connectivity index (χ0v) is 13.6. The lowest BCUT2D eigenvalue weighted by Crippen LogP contribution is -2.82. The molecule has 1 amide bonds. The molecule has 0 spiro atoms. The summed E-state index contributed by atoms with van der Waals surface area (Å²) >= 11 is 0. The fourth-order valence-corrected chi connectivity index (χ4v) is 4.14. The third-order valence-electron chi connectivity index (χ3n) is 5.48. The number of nitrogens with zero attached hydrogens (tertiary/aromatic N) is 2. The normalized spacial score (nSPS) is 34.4. The van der Waals surface area contributed by atoms with E-state index in [1.165, 1.54) is 0 Å². The van der Waals surface area contributed by atoms with Crippen LogP contribution >= 0.6 is 0 Å². The van der Waals surface area contributed by atoms with E-state index < -0.39 is 5.54 Å². The number of nitrogens with one attached hydrogen (secondary N) is 1. The maximum atomic E-state index is 12.8. The van der Waals surface area contributed by atoms with E-state index in [-0.39, 0.29) is 29.4 Å². The minimum absolute atomic E-state index is 0.00137. The minimum Gasteiger partial charge on any atom is -0.377 e. The standard InChI is InChI=1S/C16H26N4O2/c1-11(9-20-7-6-18-10-20)19-14(21)16(17)12-5-4-8-22-13(12)15(16,2)3/h6-7,10-13H,4-5,8-9,17H2,1-3H3,(H,19,21). The predicted octanol–water partition coefficient (Wildman–Crippen LogP) is 0.920. The predicted molar refractivity (Wildman–Crippen MR) is 83.0 cm³/mol. The van der Waals surface area contributed by atoms with Gasteiger partial charge in [-0.05, 0) is 19.8 Å². The van der Waals surface area contributed by atoms with Gasteiger partial charge in [0.05, 0.1) is 12.4 Å². The van der Waals surface area contributed by atoms with Gasteiger partial charge in [0.2, 0.25) is 5.91 Å². The van der Waals surface area contributed by atoms with Gasteiger partial charge in [0.1, 0.15) is 5.54 Å². The van der Waals surface area contributed by atoms with Gasteiger partial charge in [-0.3, -0.25) is 4.79 Å². The smallest absolute Gasteiger partial charge is 0.241 e. The van der Waals surface area contributed by atoms with E-state index in [0.29, 0.717) is 6.54 Å². The van der Waals surface area contributed by atoms with E-state index in [4.69, 9.17) is 10.5 Å². The first-order valence-electron chi connectivity index (χ1n) is 8.04. The van der Waals surface area contributed by atoms with Gasteiger partial charge in [-0.15, -0.1) is 0 Å². The Balaban J connectivity index is 1.68. The Morgan fingerprint density at radius 1 is 1.59 bits per heavy atom. The Kier molecular flexibility index (Phi) is 3.77. The van der Waals surface area contributed by atoms with Gasteiger partial charge in [0.15, 0.2) is 0 Å². The van der Waals surface area contributed by atoms with Gasteiger partial charge in [-0.2, -0.15) is 0 Å². The molecule has 22 heavy (non-hydrogen) atoms. The second-order valence-electron chi connectivity index (χ2n) is 7.26. The lowest BCUT2D eigenvalue weighted by molar-refractivity contribution is -0.225. The molecule has 6 heteroatoms. The fraction of sp³-hybridized carbons (Fsp3) is 0.750. The van der Waals surface area contributed by atoms with Crippen LogP contribution in [-0.2, 0) is 16.1 Å². The molecule has 1 saturated carbocycles. The molecule has 2 fully saturated rings. The number of nitrogens with two attached hydrogens (primary N) is 1. The molecule has 3 N–H and O–H groups in total. The third-order valence-corrected chi connectivity index (χ3v) is 5.48. The second kappa shape index (κ2) is 5.35. The highest BCUT2D eigenvalue weighted by atomic mass is 16.5. The Hall–Kier alpha value is -1.40. The summed E-state index contributed by atoms with van der Waals surface area (Å²) in [5, 5.41) is 3.08. The number of aromatic nitrogens is 2. The number of hydrogen-bond donors (Lipinski definition) is 2. The van der Waals surface area contributed by atoms with Gasteiger partial charge < -0.3 is 20.4 Å². The van der Waals surface area contributed by atoms with Crippen molar-refractivity contribution in [3.8, 4) is 0 Å². The highest BCUT2D eigenvalue weighted by Crippen LogP contribution is 2.57. The average Bonchev–Trinajstić information content (AvgIpc) is 2.98. The van der Waals surface area contributed by atoms with Crippen molar-refractivity contribution in [1.29, 1.82) is 0 Å². The first-order chi connectivity index (χ1) is 10.4. The van der Waals surface area contributed by atoms with Crippen molar-refractivity contribution in [2.75, 3.05) is 6.61 Å². The highest BCUT2D eigenvalue weighted by molar-refractivity contribution is 5.89. The summed E-state index contributed by atoms with van der Waals surface area (Å²) in [6, 6.07) is 0.00137. The Labute approximate surface area is 131 Å². The lowest BCUT2D eigenvalue weighted by atomic mass is 9.46. The molecule has 2 heterocycles. The number of ether oxygens (including phenoxy) is 1. The van der Waals surface area contributed by atoms with Crippen LogP contribution in [0.1, 0.15) is 33.6 Å². The van der Waals surface area contributed by atoms with Crippen molar-refractivity contribution in [3.05, 3.63) is 18.7 Å². The van der Waals surface area contributed by atoms with E-state index >= 15 is 0 Å².